The fourth-order valence-electron chi connectivity index (χ4n) is 2.25. The van der Waals surface area contributed by atoms with Gasteiger partial charge in [0.2, 0.25) is 5.91 Å². The molecule has 0 spiro atoms. The summed E-state index contributed by atoms with van der Waals surface area (Å²) in [5.41, 5.74) is 0. The molecule has 2 N–H and O–H groups in total. The average molecular weight is 421 g/mol. The number of imide groups is 1. The molecule has 1 rings (SSSR count). The van der Waals surface area contributed by atoms with E-state index < -0.39 is 58.1 Å². The third-order valence-corrected chi connectivity index (χ3v) is 3.72. The number of ether oxygens (including phenoxy) is 3. The van der Waals surface area contributed by atoms with Gasteiger partial charge in [-0.3, -0.25) is 24.5 Å². The van der Waals surface area contributed by atoms with Gasteiger partial charge in [-0.25, -0.2) is 0 Å². The summed E-state index contributed by atoms with van der Waals surface area (Å²) in [5, 5.41) is 11.8. The van der Waals surface area contributed by atoms with Crippen LogP contribution in [-0.2, 0) is 33.4 Å². The van der Waals surface area contributed by atoms with Crippen LogP contribution in [0.5, 0.6) is 0 Å². The van der Waals surface area contributed by atoms with Crippen LogP contribution in [-0.4, -0.2) is 57.3 Å². The van der Waals surface area contributed by atoms with Crippen LogP contribution in [0.25, 0.3) is 0 Å². The van der Waals surface area contributed by atoms with E-state index in [1.54, 1.807) is 5.32 Å². The van der Waals surface area contributed by atoms with Crippen LogP contribution >= 0.6 is 34.8 Å². The smallest absolute Gasteiger partial charge is 0.303 e. The number of nitrogens with one attached hydrogen (secondary N) is 1. The SMILES string of the molecule is CC(=O)O[C@@H]1[C@@H](OC(C)=O)[C@H](C)O[C@@H](O)[C@H]1C(=O)NC(=O)C(Cl)(Cl)Cl. The van der Waals surface area contributed by atoms with Gasteiger partial charge in [-0.15, -0.1) is 0 Å². The highest BCUT2D eigenvalue weighted by molar-refractivity contribution is 6.76. The summed E-state index contributed by atoms with van der Waals surface area (Å²) in [7, 11) is 0. The van der Waals surface area contributed by atoms with Gasteiger partial charge in [-0.2, -0.15) is 0 Å². The highest BCUT2D eigenvalue weighted by Gasteiger charge is 2.52. The first kappa shape index (κ1) is 21.9. The Bertz CT molecular complexity index is 564. The van der Waals surface area contributed by atoms with E-state index in [1.165, 1.54) is 6.92 Å². The van der Waals surface area contributed by atoms with Crippen molar-refractivity contribution in [1.29, 1.82) is 0 Å². The number of rotatable bonds is 3. The molecule has 0 saturated carbocycles. The van der Waals surface area contributed by atoms with Crippen LogP contribution in [0.15, 0.2) is 0 Å². The molecule has 1 aliphatic rings. The fraction of sp³-hybridized carbons (Fsp3) is 0.692. The van der Waals surface area contributed by atoms with E-state index in [0.717, 1.165) is 13.8 Å². The molecule has 5 atom stereocenters. The second kappa shape index (κ2) is 8.50. The van der Waals surface area contributed by atoms with Gasteiger partial charge in [-0.1, -0.05) is 34.8 Å². The molecule has 0 aromatic carbocycles. The lowest BCUT2D eigenvalue weighted by Crippen LogP contribution is -2.61. The van der Waals surface area contributed by atoms with Crippen molar-refractivity contribution in [2.24, 2.45) is 5.92 Å². The Balaban J connectivity index is 3.13. The number of hydrogen-bond acceptors (Lipinski definition) is 8. The lowest BCUT2D eigenvalue weighted by Gasteiger charge is -2.41. The number of esters is 2. The monoisotopic (exact) mass is 419 g/mol. The Morgan fingerprint density at radius 1 is 1.04 bits per heavy atom. The molecule has 9 nitrogen and oxygen atoms in total. The molecular formula is C13H16Cl3NO8. The molecule has 1 fully saturated rings. The molecule has 0 unspecified atom stereocenters. The standard InChI is InChI=1S/C13H16Cl3NO8/c1-4-8(24-5(2)18)9(25-6(3)19)7(11(21)23-4)10(20)17-12(22)13(14,15)16/h4,7-9,11,21H,1-3H3,(H,17,20,22)/t4-,7+,8-,9-,11+/m0/s1. The van der Waals surface area contributed by atoms with E-state index in [1.807, 2.05) is 0 Å². The summed E-state index contributed by atoms with van der Waals surface area (Å²) in [4.78, 5) is 46.6. The van der Waals surface area contributed by atoms with Gasteiger partial charge in [0.05, 0.1) is 6.10 Å². The number of amides is 2. The number of hydrogen-bond donors (Lipinski definition) is 2. The number of carbonyl (C=O) groups is 4. The molecule has 1 aliphatic heterocycles. The molecule has 0 bridgehead atoms. The zero-order valence-electron chi connectivity index (χ0n) is 13.3. The van der Waals surface area contributed by atoms with Gasteiger partial charge in [0.1, 0.15) is 5.92 Å². The third kappa shape index (κ3) is 5.96. The maximum Gasteiger partial charge on any atom is 0.303 e. The normalized spacial score (nSPS) is 29.5. The Morgan fingerprint density at radius 3 is 1.96 bits per heavy atom. The molecule has 25 heavy (non-hydrogen) atoms. The lowest BCUT2D eigenvalue weighted by molar-refractivity contribution is -0.263. The summed E-state index contributed by atoms with van der Waals surface area (Å²) < 4.78 is 12.7. The summed E-state index contributed by atoms with van der Waals surface area (Å²) in [5.74, 6) is -5.57. The number of alkyl halides is 3. The lowest BCUT2D eigenvalue weighted by atomic mass is 9.90. The summed E-state index contributed by atoms with van der Waals surface area (Å²) in [6.45, 7) is 3.59. The zero-order chi connectivity index (χ0) is 19.5. The molecule has 1 saturated heterocycles. The van der Waals surface area contributed by atoms with Gasteiger partial charge in [-0.05, 0) is 6.92 Å². The molecule has 0 aromatic rings. The maximum absolute atomic E-state index is 12.3. The summed E-state index contributed by atoms with van der Waals surface area (Å²) in [6.07, 6.45) is -5.31. The van der Waals surface area contributed by atoms with E-state index in [2.05, 4.69) is 0 Å². The minimum absolute atomic E-state index is 0.731. The third-order valence-electron chi connectivity index (χ3n) is 3.20. The topological polar surface area (TPSA) is 128 Å². The Hall–Kier alpha value is -1.13. The number of halogens is 3. The fourth-order valence-corrected chi connectivity index (χ4v) is 2.39. The predicted molar refractivity (Wildman–Crippen MR) is 84.6 cm³/mol. The van der Waals surface area contributed by atoms with Gasteiger partial charge in [0, 0.05) is 13.8 Å². The molecule has 12 heteroatoms. The van der Waals surface area contributed by atoms with E-state index in [4.69, 9.17) is 49.0 Å². The highest BCUT2D eigenvalue weighted by Crippen LogP contribution is 2.31. The van der Waals surface area contributed by atoms with Crippen LogP contribution < -0.4 is 5.32 Å². The summed E-state index contributed by atoms with van der Waals surface area (Å²) >= 11 is 16.1. The van der Waals surface area contributed by atoms with E-state index in [9.17, 15) is 24.3 Å². The van der Waals surface area contributed by atoms with Gasteiger partial charge in [0.15, 0.2) is 18.5 Å². The Morgan fingerprint density at radius 2 is 1.52 bits per heavy atom. The average Bonchev–Trinajstić information content (AvgIpc) is 2.40. The van der Waals surface area contributed by atoms with Gasteiger partial charge >= 0.3 is 11.9 Å². The first-order valence-corrected chi connectivity index (χ1v) is 8.08. The molecular weight excluding hydrogens is 405 g/mol. The maximum atomic E-state index is 12.3. The minimum atomic E-state index is -2.43. The highest BCUT2D eigenvalue weighted by atomic mass is 35.6. The van der Waals surface area contributed by atoms with Crippen LogP contribution in [0.3, 0.4) is 0 Å². The molecule has 0 aromatic heterocycles. The molecule has 0 aliphatic carbocycles. The van der Waals surface area contributed by atoms with Crippen molar-refractivity contribution in [2.75, 3.05) is 0 Å². The van der Waals surface area contributed by atoms with Crippen LogP contribution in [0.4, 0.5) is 0 Å². The predicted octanol–water partition coefficient (Wildman–Crippen LogP) is 0.216. The Kier molecular flexibility index (Phi) is 7.45. The van der Waals surface area contributed by atoms with E-state index >= 15 is 0 Å². The first-order valence-electron chi connectivity index (χ1n) is 6.94. The van der Waals surface area contributed by atoms with E-state index in [0.29, 0.717) is 0 Å². The van der Waals surface area contributed by atoms with Crippen molar-refractivity contribution in [3.63, 3.8) is 0 Å². The van der Waals surface area contributed by atoms with Gasteiger partial charge in [0.25, 0.3) is 9.70 Å². The van der Waals surface area contributed by atoms with Crippen molar-refractivity contribution in [3.05, 3.63) is 0 Å². The second-order valence-corrected chi connectivity index (χ2v) is 7.50. The Labute approximate surface area is 157 Å². The van der Waals surface area contributed by atoms with Crippen molar-refractivity contribution >= 4 is 58.6 Å². The second-order valence-electron chi connectivity index (χ2n) is 5.22. The molecule has 1 heterocycles. The van der Waals surface area contributed by atoms with Crippen LogP contribution in [0.1, 0.15) is 20.8 Å². The number of aliphatic hydroxyl groups excluding tert-OH is 1. The van der Waals surface area contributed by atoms with Gasteiger partial charge < -0.3 is 19.3 Å². The largest absolute Gasteiger partial charge is 0.457 e. The molecule has 2 amide bonds. The van der Waals surface area contributed by atoms with Crippen molar-refractivity contribution in [1.82, 2.24) is 5.32 Å². The van der Waals surface area contributed by atoms with Crippen LogP contribution in [0.2, 0.25) is 0 Å². The summed E-state index contributed by atoms with van der Waals surface area (Å²) in [6, 6.07) is 0. The number of carbonyl (C=O) groups excluding carboxylic acids is 4. The van der Waals surface area contributed by atoms with Crippen molar-refractivity contribution in [2.45, 2.75) is 49.2 Å². The first-order chi connectivity index (χ1) is 11.3. The van der Waals surface area contributed by atoms with Crippen molar-refractivity contribution < 1.29 is 38.5 Å². The minimum Gasteiger partial charge on any atom is -0.457 e. The zero-order valence-corrected chi connectivity index (χ0v) is 15.6. The molecule has 142 valence electrons. The van der Waals surface area contributed by atoms with Crippen LogP contribution in [0, 0.1) is 5.92 Å². The number of aliphatic hydroxyl groups is 1. The quantitative estimate of drug-likeness (QED) is 0.490. The molecule has 0 radical (unpaired) electrons. The van der Waals surface area contributed by atoms with Crippen molar-refractivity contribution in [3.8, 4) is 0 Å². The van der Waals surface area contributed by atoms with E-state index in [-0.39, 0.29) is 0 Å².